The molecule has 35 heavy (non-hydrogen) atoms. The lowest BCUT2D eigenvalue weighted by Gasteiger charge is -2.05. The molecule has 5 heterocycles. The molecular formula is C27H27N7S. The number of nitrogens with one attached hydrogen (secondary N) is 4. The Hall–Kier alpha value is -3.33. The molecule has 0 saturated carbocycles. The Morgan fingerprint density at radius 3 is 1.94 bits per heavy atom. The molecule has 7 nitrogen and oxygen atoms in total. The summed E-state index contributed by atoms with van der Waals surface area (Å²) in [5.41, 5.74) is 6.55. The highest BCUT2D eigenvalue weighted by molar-refractivity contribution is 7.21. The van der Waals surface area contributed by atoms with Crippen LogP contribution < -0.4 is 10.6 Å². The lowest BCUT2D eigenvalue weighted by molar-refractivity contribution is 0.613. The maximum atomic E-state index is 4.90. The van der Waals surface area contributed by atoms with Crippen molar-refractivity contribution in [1.29, 1.82) is 0 Å². The monoisotopic (exact) mass is 481 g/mol. The molecule has 3 aromatic heterocycles. The first kappa shape index (κ1) is 21.0. The van der Waals surface area contributed by atoms with E-state index in [9.17, 15) is 0 Å². The summed E-state index contributed by atoms with van der Waals surface area (Å²) >= 11 is 1.73. The zero-order chi connectivity index (χ0) is 23.2. The zero-order valence-corrected chi connectivity index (χ0v) is 20.2. The van der Waals surface area contributed by atoms with Crippen molar-refractivity contribution >= 4 is 21.6 Å². The molecule has 2 saturated heterocycles. The second-order valence-corrected chi connectivity index (χ2v) is 10.5. The quantitative estimate of drug-likeness (QED) is 0.262. The van der Waals surface area contributed by atoms with Crippen LogP contribution in [0.5, 0.6) is 0 Å². The van der Waals surface area contributed by atoms with Gasteiger partial charge in [0, 0.05) is 11.1 Å². The molecule has 0 aliphatic carbocycles. The van der Waals surface area contributed by atoms with Crippen LogP contribution >= 0.6 is 11.3 Å². The summed E-state index contributed by atoms with van der Waals surface area (Å²) in [4.78, 5) is 21.1. The van der Waals surface area contributed by atoms with Crippen molar-refractivity contribution in [2.75, 3.05) is 13.1 Å². The van der Waals surface area contributed by atoms with Gasteiger partial charge in [0.05, 0.1) is 46.1 Å². The van der Waals surface area contributed by atoms with Crippen molar-refractivity contribution < 1.29 is 0 Å². The largest absolute Gasteiger partial charge is 0.341 e. The summed E-state index contributed by atoms with van der Waals surface area (Å²) < 4.78 is 1.18. The Kier molecular flexibility index (Phi) is 5.23. The minimum absolute atomic E-state index is 0.346. The van der Waals surface area contributed by atoms with E-state index >= 15 is 0 Å². The van der Waals surface area contributed by atoms with Crippen LogP contribution in [-0.4, -0.2) is 38.0 Å². The Morgan fingerprint density at radius 1 is 0.714 bits per heavy atom. The Labute approximate surface area is 207 Å². The molecule has 0 amide bonds. The predicted molar refractivity (Wildman–Crippen MR) is 140 cm³/mol. The third-order valence-electron chi connectivity index (χ3n) is 7.11. The third kappa shape index (κ3) is 3.97. The summed E-state index contributed by atoms with van der Waals surface area (Å²) in [7, 11) is 0. The topological polar surface area (TPSA) is 94.3 Å². The number of H-pyrrole nitrogens is 2. The zero-order valence-electron chi connectivity index (χ0n) is 19.3. The predicted octanol–water partition coefficient (Wildman–Crippen LogP) is 5.59. The molecule has 8 heteroatoms. The minimum atomic E-state index is 0.346. The van der Waals surface area contributed by atoms with Crippen LogP contribution in [0.4, 0.5) is 0 Å². The number of benzene rings is 2. The number of fused-ring (bicyclic) bond motifs is 1. The first-order chi connectivity index (χ1) is 17.3. The Bertz CT molecular complexity index is 1470. The number of rotatable bonds is 5. The number of hydrogen-bond acceptors (Lipinski definition) is 6. The normalized spacial score (nSPS) is 20.2. The fraction of sp³-hybridized carbons (Fsp3) is 0.296. The average molecular weight is 482 g/mol. The molecule has 2 aliphatic heterocycles. The summed E-state index contributed by atoms with van der Waals surface area (Å²) in [6.07, 6.45) is 8.58. The van der Waals surface area contributed by atoms with E-state index in [1.165, 1.54) is 17.5 Å². The van der Waals surface area contributed by atoms with Crippen LogP contribution in [0.3, 0.4) is 0 Å². The molecule has 1 unspecified atom stereocenters. The van der Waals surface area contributed by atoms with Gasteiger partial charge in [-0.2, -0.15) is 0 Å². The molecule has 0 spiro atoms. The number of nitrogens with zero attached hydrogens (tertiary/aromatic N) is 3. The van der Waals surface area contributed by atoms with Crippen LogP contribution in [-0.2, 0) is 0 Å². The van der Waals surface area contributed by atoms with Gasteiger partial charge in [0.1, 0.15) is 16.7 Å². The molecule has 4 N–H and O–H groups in total. The molecule has 5 aromatic rings. The highest BCUT2D eigenvalue weighted by atomic mass is 32.1. The van der Waals surface area contributed by atoms with Crippen LogP contribution in [0.1, 0.15) is 49.4 Å². The van der Waals surface area contributed by atoms with Gasteiger partial charge in [-0.1, -0.05) is 30.3 Å². The average Bonchev–Trinajstić information content (AvgIpc) is 3.73. The van der Waals surface area contributed by atoms with Gasteiger partial charge >= 0.3 is 0 Å². The van der Waals surface area contributed by atoms with Gasteiger partial charge in [-0.05, 0) is 56.5 Å². The first-order valence-electron chi connectivity index (χ1n) is 12.4. The maximum Gasteiger partial charge on any atom is 0.124 e. The number of aromatic nitrogens is 5. The molecule has 2 aromatic carbocycles. The van der Waals surface area contributed by atoms with Crippen molar-refractivity contribution in [2.24, 2.45) is 0 Å². The van der Waals surface area contributed by atoms with Crippen molar-refractivity contribution in [3.63, 3.8) is 0 Å². The molecule has 0 bridgehead atoms. The first-order valence-corrected chi connectivity index (χ1v) is 13.2. The van der Waals surface area contributed by atoms with E-state index in [2.05, 4.69) is 73.0 Å². The minimum Gasteiger partial charge on any atom is -0.341 e. The van der Waals surface area contributed by atoms with E-state index in [-0.39, 0.29) is 0 Å². The molecule has 176 valence electrons. The van der Waals surface area contributed by atoms with Crippen LogP contribution in [0.25, 0.3) is 43.3 Å². The number of thiazole rings is 1. The van der Waals surface area contributed by atoms with E-state index in [0.717, 1.165) is 76.2 Å². The Balaban J connectivity index is 1.12. The van der Waals surface area contributed by atoms with Gasteiger partial charge in [-0.25, -0.2) is 15.0 Å². The van der Waals surface area contributed by atoms with Gasteiger partial charge in [0.15, 0.2) is 0 Å². The highest BCUT2D eigenvalue weighted by Gasteiger charge is 2.20. The lowest BCUT2D eigenvalue weighted by Crippen LogP contribution is -2.14. The van der Waals surface area contributed by atoms with E-state index in [0.29, 0.717) is 12.1 Å². The molecule has 2 atom stereocenters. The molecule has 0 radical (unpaired) electrons. The van der Waals surface area contributed by atoms with Crippen LogP contribution in [0, 0.1) is 0 Å². The molecule has 7 rings (SSSR count). The second-order valence-electron chi connectivity index (χ2n) is 9.44. The Morgan fingerprint density at radius 2 is 1.31 bits per heavy atom. The van der Waals surface area contributed by atoms with Gasteiger partial charge in [0.25, 0.3) is 0 Å². The molecule has 2 aliphatic rings. The SMILES string of the molecule is c1cc(-c2nc3ccc(-c4cnc([C@@H]5CCCN5)[nH]4)cc3s2)ccc1-c1cnc(C2CCCN2)[nH]1. The summed E-state index contributed by atoms with van der Waals surface area (Å²) in [5, 5.41) is 8.04. The maximum absolute atomic E-state index is 4.90. The number of aromatic amines is 2. The summed E-state index contributed by atoms with van der Waals surface area (Å²) in [6, 6.07) is 15.7. The molecular weight excluding hydrogens is 454 g/mol. The summed E-state index contributed by atoms with van der Waals surface area (Å²) in [6.45, 7) is 2.14. The van der Waals surface area contributed by atoms with E-state index in [4.69, 9.17) is 4.98 Å². The fourth-order valence-corrected chi connectivity index (χ4v) is 6.18. The van der Waals surface area contributed by atoms with Crippen molar-refractivity contribution in [3.05, 3.63) is 66.5 Å². The smallest absolute Gasteiger partial charge is 0.124 e. The van der Waals surface area contributed by atoms with Crippen molar-refractivity contribution in [1.82, 2.24) is 35.6 Å². The van der Waals surface area contributed by atoms with E-state index in [1.807, 2.05) is 12.4 Å². The third-order valence-corrected chi connectivity index (χ3v) is 8.18. The standard InChI is InChI=1S/C27H27N7S/c1-3-20(28-11-1)25-30-14-22(32-25)16-5-7-17(8-6-16)27-34-19-10-9-18(13-24(19)35-27)23-15-31-26(33-23)21-4-2-12-29-21/h5-10,13-15,20-21,28-29H,1-4,11-12H2,(H,30,32)(H,31,33)/t20?,21-/m0/s1. The highest BCUT2D eigenvalue weighted by Crippen LogP contribution is 2.34. The number of imidazole rings is 2. The van der Waals surface area contributed by atoms with Gasteiger partial charge in [0.2, 0.25) is 0 Å². The van der Waals surface area contributed by atoms with E-state index in [1.54, 1.807) is 11.3 Å². The van der Waals surface area contributed by atoms with Crippen molar-refractivity contribution in [2.45, 2.75) is 37.8 Å². The van der Waals surface area contributed by atoms with Crippen LogP contribution in [0.15, 0.2) is 54.9 Å². The summed E-state index contributed by atoms with van der Waals surface area (Å²) in [5.74, 6) is 2.07. The van der Waals surface area contributed by atoms with Crippen LogP contribution in [0.2, 0.25) is 0 Å². The van der Waals surface area contributed by atoms with Gasteiger partial charge in [-0.15, -0.1) is 11.3 Å². The number of hydrogen-bond donors (Lipinski definition) is 4. The molecule has 2 fully saturated rings. The second kappa shape index (κ2) is 8.71. The van der Waals surface area contributed by atoms with Crippen molar-refractivity contribution in [3.8, 4) is 33.1 Å². The van der Waals surface area contributed by atoms with Gasteiger partial charge in [-0.3, -0.25) is 0 Å². The lowest BCUT2D eigenvalue weighted by atomic mass is 10.1. The van der Waals surface area contributed by atoms with Gasteiger partial charge < -0.3 is 20.6 Å². The fourth-order valence-electron chi connectivity index (χ4n) is 5.16. The van der Waals surface area contributed by atoms with E-state index < -0.39 is 0 Å².